The molecule has 0 atom stereocenters. The second-order valence-electron chi connectivity index (χ2n) is 7.66. The fourth-order valence-corrected chi connectivity index (χ4v) is 5.57. The number of carbonyl (C=O) groups is 1. The molecule has 0 aromatic heterocycles. The molecule has 1 aliphatic carbocycles. The highest BCUT2D eigenvalue weighted by Crippen LogP contribution is 2.28. The largest absolute Gasteiger partial charge is 0.325 e. The van der Waals surface area contributed by atoms with Crippen LogP contribution < -0.4 is 5.32 Å². The number of nitrogens with zero attached hydrogens (tertiary/aromatic N) is 1. The molecule has 156 valence electrons. The fraction of sp³-hybridized carbons (Fsp3) is 0.409. The number of halogens is 1. The summed E-state index contributed by atoms with van der Waals surface area (Å²) in [5.41, 5.74) is 2.76. The minimum atomic E-state index is -3.81. The summed E-state index contributed by atoms with van der Waals surface area (Å²) in [5, 5.41) is 3.35. The SMILES string of the molecule is Cc1ccc(NC(=O)CN(C2CCCCC2)S(=O)(=O)c2ccc(Cl)cc2)c(C)c1. The minimum absolute atomic E-state index is 0.159. The van der Waals surface area contributed by atoms with Crippen LogP contribution in [-0.4, -0.2) is 31.2 Å². The van der Waals surface area contributed by atoms with Crippen molar-refractivity contribution in [2.75, 3.05) is 11.9 Å². The first kappa shape index (κ1) is 21.8. The van der Waals surface area contributed by atoms with E-state index in [-0.39, 0.29) is 23.4 Å². The molecule has 0 unspecified atom stereocenters. The molecule has 1 fully saturated rings. The maximum atomic E-state index is 13.3. The van der Waals surface area contributed by atoms with Crippen LogP contribution in [0.2, 0.25) is 5.02 Å². The maximum Gasteiger partial charge on any atom is 0.243 e. The van der Waals surface area contributed by atoms with Crippen LogP contribution in [0.25, 0.3) is 0 Å². The molecule has 2 aromatic carbocycles. The summed E-state index contributed by atoms with van der Waals surface area (Å²) in [7, 11) is -3.81. The Morgan fingerprint density at radius 3 is 2.34 bits per heavy atom. The van der Waals surface area contributed by atoms with Gasteiger partial charge in [0, 0.05) is 16.8 Å². The lowest BCUT2D eigenvalue weighted by Crippen LogP contribution is -2.45. The Balaban J connectivity index is 1.85. The molecule has 0 bridgehead atoms. The van der Waals surface area contributed by atoms with Crippen molar-refractivity contribution in [2.45, 2.75) is 56.9 Å². The molecule has 2 aromatic rings. The smallest absolute Gasteiger partial charge is 0.243 e. The predicted octanol–water partition coefficient (Wildman–Crippen LogP) is 4.92. The van der Waals surface area contributed by atoms with E-state index in [0.717, 1.165) is 43.2 Å². The van der Waals surface area contributed by atoms with Gasteiger partial charge in [0.1, 0.15) is 0 Å². The van der Waals surface area contributed by atoms with Crippen LogP contribution in [-0.2, 0) is 14.8 Å². The molecule has 1 aliphatic rings. The van der Waals surface area contributed by atoms with Crippen LogP contribution in [0.5, 0.6) is 0 Å². The molecule has 1 N–H and O–H groups in total. The van der Waals surface area contributed by atoms with Gasteiger partial charge in [-0.25, -0.2) is 8.42 Å². The molecule has 0 spiro atoms. The monoisotopic (exact) mass is 434 g/mol. The molecular formula is C22H27ClN2O3S. The van der Waals surface area contributed by atoms with Gasteiger partial charge in [-0.3, -0.25) is 4.79 Å². The number of carbonyl (C=O) groups excluding carboxylic acids is 1. The lowest BCUT2D eigenvalue weighted by Gasteiger charge is -2.33. The zero-order valence-corrected chi connectivity index (χ0v) is 18.4. The highest BCUT2D eigenvalue weighted by Gasteiger charge is 2.34. The Hall–Kier alpha value is -1.89. The highest BCUT2D eigenvalue weighted by atomic mass is 35.5. The Labute approximate surface area is 178 Å². The summed E-state index contributed by atoms with van der Waals surface area (Å²) >= 11 is 5.92. The van der Waals surface area contributed by atoms with Gasteiger partial charge in [0.25, 0.3) is 0 Å². The van der Waals surface area contributed by atoms with Gasteiger partial charge in [-0.15, -0.1) is 0 Å². The molecular weight excluding hydrogens is 408 g/mol. The third kappa shape index (κ3) is 5.38. The standard InChI is InChI=1S/C22H27ClN2O3S/c1-16-8-13-21(17(2)14-16)24-22(26)15-25(19-6-4-3-5-7-19)29(27,28)20-11-9-18(23)10-12-20/h8-14,19H,3-7,15H2,1-2H3,(H,24,26). The number of hydrogen-bond acceptors (Lipinski definition) is 3. The van der Waals surface area contributed by atoms with E-state index in [1.807, 2.05) is 32.0 Å². The van der Waals surface area contributed by atoms with Gasteiger partial charge in [0.2, 0.25) is 15.9 Å². The van der Waals surface area contributed by atoms with Crippen molar-refractivity contribution in [3.63, 3.8) is 0 Å². The summed E-state index contributed by atoms with van der Waals surface area (Å²) in [6.45, 7) is 3.71. The van der Waals surface area contributed by atoms with E-state index in [1.165, 1.54) is 16.4 Å². The zero-order chi connectivity index (χ0) is 21.0. The Morgan fingerprint density at radius 1 is 1.07 bits per heavy atom. The van der Waals surface area contributed by atoms with E-state index < -0.39 is 10.0 Å². The molecule has 5 nitrogen and oxygen atoms in total. The van der Waals surface area contributed by atoms with Crippen molar-refractivity contribution in [1.82, 2.24) is 4.31 Å². The van der Waals surface area contributed by atoms with Crippen molar-refractivity contribution in [2.24, 2.45) is 0 Å². The number of anilines is 1. The van der Waals surface area contributed by atoms with E-state index in [1.54, 1.807) is 12.1 Å². The number of nitrogens with one attached hydrogen (secondary N) is 1. The fourth-order valence-electron chi connectivity index (χ4n) is 3.81. The molecule has 29 heavy (non-hydrogen) atoms. The average Bonchev–Trinajstić information content (AvgIpc) is 2.69. The van der Waals surface area contributed by atoms with Crippen LogP contribution in [0.15, 0.2) is 47.4 Å². The number of rotatable bonds is 6. The van der Waals surface area contributed by atoms with Crippen molar-refractivity contribution < 1.29 is 13.2 Å². The van der Waals surface area contributed by atoms with Gasteiger partial charge in [0.15, 0.2) is 0 Å². The van der Waals surface area contributed by atoms with E-state index in [2.05, 4.69) is 5.32 Å². The first-order chi connectivity index (χ1) is 13.8. The maximum absolute atomic E-state index is 13.3. The van der Waals surface area contributed by atoms with Crippen molar-refractivity contribution in [3.8, 4) is 0 Å². The van der Waals surface area contributed by atoms with Crippen molar-refractivity contribution >= 4 is 33.2 Å². The van der Waals surface area contributed by atoms with Gasteiger partial charge < -0.3 is 5.32 Å². The number of sulfonamides is 1. The third-order valence-corrected chi connectivity index (χ3v) is 7.52. The van der Waals surface area contributed by atoms with Crippen LogP contribution in [0.3, 0.4) is 0 Å². The quantitative estimate of drug-likeness (QED) is 0.701. The molecule has 0 radical (unpaired) electrons. The first-order valence-electron chi connectivity index (χ1n) is 9.92. The highest BCUT2D eigenvalue weighted by molar-refractivity contribution is 7.89. The molecule has 3 rings (SSSR count). The summed E-state index contributed by atoms with van der Waals surface area (Å²) in [6.07, 6.45) is 4.57. The second-order valence-corrected chi connectivity index (χ2v) is 9.99. The van der Waals surface area contributed by atoms with Crippen LogP contribution in [0.4, 0.5) is 5.69 Å². The van der Waals surface area contributed by atoms with Crippen LogP contribution in [0, 0.1) is 13.8 Å². The molecule has 7 heteroatoms. The first-order valence-corrected chi connectivity index (χ1v) is 11.7. The van der Waals surface area contributed by atoms with Crippen LogP contribution >= 0.6 is 11.6 Å². The third-order valence-electron chi connectivity index (χ3n) is 5.36. The Morgan fingerprint density at radius 2 is 1.72 bits per heavy atom. The van der Waals surface area contributed by atoms with Gasteiger partial charge >= 0.3 is 0 Å². The number of benzene rings is 2. The number of amides is 1. The van der Waals surface area contributed by atoms with Gasteiger partial charge in [-0.05, 0) is 62.6 Å². The summed E-state index contributed by atoms with van der Waals surface area (Å²) in [6, 6.07) is 11.7. The minimum Gasteiger partial charge on any atom is -0.325 e. The van der Waals surface area contributed by atoms with Gasteiger partial charge in [-0.1, -0.05) is 48.6 Å². The van der Waals surface area contributed by atoms with Crippen molar-refractivity contribution in [3.05, 3.63) is 58.6 Å². The summed E-state index contributed by atoms with van der Waals surface area (Å²) < 4.78 is 28.1. The van der Waals surface area contributed by atoms with Crippen molar-refractivity contribution in [1.29, 1.82) is 0 Å². The summed E-state index contributed by atoms with van der Waals surface area (Å²) in [5.74, 6) is -0.333. The van der Waals surface area contributed by atoms with Crippen LogP contribution in [0.1, 0.15) is 43.2 Å². The number of hydrogen-bond donors (Lipinski definition) is 1. The predicted molar refractivity (Wildman–Crippen MR) is 117 cm³/mol. The molecule has 0 aliphatic heterocycles. The van der Waals surface area contributed by atoms with E-state index in [0.29, 0.717) is 10.7 Å². The molecule has 1 amide bonds. The van der Waals surface area contributed by atoms with E-state index in [9.17, 15) is 13.2 Å². The van der Waals surface area contributed by atoms with E-state index in [4.69, 9.17) is 11.6 Å². The number of aryl methyl sites for hydroxylation is 2. The lowest BCUT2D eigenvalue weighted by atomic mass is 9.95. The Kier molecular flexibility index (Phi) is 6.98. The molecule has 0 saturated heterocycles. The van der Waals surface area contributed by atoms with Gasteiger partial charge in [0.05, 0.1) is 11.4 Å². The second kappa shape index (κ2) is 9.28. The molecule has 1 saturated carbocycles. The molecule has 0 heterocycles. The zero-order valence-electron chi connectivity index (χ0n) is 16.8. The Bertz CT molecular complexity index is 968. The van der Waals surface area contributed by atoms with E-state index >= 15 is 0 Å². The summed E-state index contributed by atoms with van der Waals surface area (Å²) in [4.78, 5) is 13.0. The lowest BCUT2D eigenvalue weighted by molar-refractivity contribution is -0.116. The average molecular weight is 435 g/mol. The normalized spacial score (nSPS) is 15.4. The topological polar surface area (TPSA) is 66.5 Å². The van der Waals surface area contributed by atoms with Gasteiger partial charge in [-0.2, -0.15) is 4.31 Å².